The summed E-state index contributed by atoms with van der Waals surface area (Å²) >= 11 is 1.35. The Morgan fingerprint density at radius 3 is 2.72 bits per heavy atom. The summed E-state index contributed by atoms with van der Waals surface area (Å²) < 4.78 is 16.1. The summed E-state index contributed by atoms with van der Waals surface area (Å²) in [4.78, 5) is 12.2. The van der Waals surface area contributed by atoms with Crippen molar-refractivity contribution in [3.05, 3.63) is 30.1 Å². The summed E-state index contributed by atoms with van der Waals surface area (Å²) in [5.74, 6) is 0.466. The molecular weight excluding hydrogens is 339 g/mol. The Kier molecular flexibility index (Phi) is 5.13. The number of thioether (sulfide) groups is 1. The topological polar surface area (TPSA) is 59.8 Å². The second-order valence-corrected chi connectivity index (χ2v) is 7.90. The van der Waals surface area contributed by atoms with E-state index in [2.05, 4.69) is 15.5 Å². The van der Waals surface area contributed by atoms with Crippen LogP contribution in [-0.2, 0) is 4.79 Å². The van der Waals surface area contributed by atoms with Gasteiger partial charge in [-0.1, -0.05) is 30.8 Å². The van der Waals surface area contributed by atoms with E-state index in [9.17, 15) is 9.18 Å². The van der Waals surface area contributed by atoms with Crippen molar-refractivity contribution in [2.45, 2.75) is 56.8 Å². The molecule has 1 aromatic heterocycles. The summed E-state index contributed by atoms with van der Waals surface area (Å²) in [6.07, 6.45) is 2.92. The molecule has 0 spiro atoms. The van der Waals surface area contributed by atoms with Gasteiger partial charge in [-0.2, -0.15) is 0 Å². The lowest BCUT2D eigenvalue weighted by atomic mass is 10.0. The Morgan fingerprint density at radius 1 is 1.36 bits per heavy atom. The van der Waals surface area contributed by atoms with Gasteiger partial charge in [0.15, 0.2) is 11.0 Å². The molecule has 0 saturated heterocycles. The predicted octanol–water partition coefficient (Wildman–Crippen LogP) is 3.82. The molecule has 5 nitrogen and oxygen atoms in total. The normalized spacial score (nSPS) is 14.6. The van der Waals surface area contributed by atoms with Gasteiger partial charge in [-0.3, -0.25) is 9.36 Å². The molecule has 1 N–H and O–H groups in total. The minimum absolute atomic E-state index is 0.0327. The second kappa shape index (κ2) is 7.15. The third kappa shape index (κ3) is 4.21. The van der Waals surface area contributed by atoms with Gasteiger partial charge in [0.05, 0.1) is 11.3 Å². The molecule has 1 amide bonds. The number of nitrogens with zero attached hydrogens (tertiary/aromatic N) is 3. The fourth-order valence-electron chi connectivity index (χ4n) is 2.50. The van der Waals surface area contributed by atoms with Crippen LogP contribution >= 0.6 is 11.8 Å². The van der Waals surface area contributed by atoms with Crippen LogP contribution in [0.1, 0.15) is 46.1 Å². The first kappa shape index (κ1) is 17.9. The molecule has 0 unspecified atom stereocenters. The van der Waals surface area contributed by atoms with E-state index in [-0.39, 0.29) is 23.0 Å². The van der Waals surface area contributed by atoms with Crippen LogP contribution in [0.4, 0.5) is 4.39 Å². The molecule has 2 aromatic rings. The average Bonchev–Trinajstić information content (AvgIpc) is 3.33. The van der Waals surface area contributed by atoms with Crippen LogP contribution in [0.3, 0.4) is 0 Å². The number of aromatic nitrogens is 3. The van der Waals surface area contributed by atoms with E-state index in [1.54, 1.807) is 18.2 Å². The average molecular weight is 362 g/mol. The summed E-state index contributed by atoms with van der Waals surface area (Å²) in [7, 11) is 0. The standard InChI is InChI=1S/C18H23FN4OS/c1-4-18(2,3)20-15(24)11-25-17-22-21-16(23(17)12-9-10-12)13-7-5-6-8-14(13)19/h5-8,12H,4,9-11H2,1-3H3,(H,20,24). The van der Waals surface area contributed by atoms with Crippen molar-refractivity contribution in [2.75, 3.05) is 5.75 Å². The number of rotatable bonds is 7. The van der Waals surface area contributed by atoms with E-state index >= 15 is 0 Å². The molecule has 0 aliphatic heterocycles. The van der Waals surface area contributed by atoms with E-state index in [1.165, 1.54) is 17.8 Å². The number of hydrogen-bond acceptors (Lipinski definition) is 4. The highest BCUT2D eigenvalue weighted by molar-refractivity contribution is 7.99. The molecule has 1 aromatic carbocycles. The minimum Gasteiger partial charge on any atom is -0.351 e. The number of benzene rings is 1. The lowest BCUT2D eigenvalue weighted by Gasteiger charge is -2.24. The van der Waals surface area contributed by atoms with Gasteiger partial charge in [-0.05, 0) is 45.2 Å². The van der Waals surface area contributed by atoms with Gasteiger partial charge >= 0.3 is 0 Å². The van der Waals surface area contributed by atoms with Crippen LogP contribution in [0.5, 0.6) is 0 Å². The van der Waals surface area contributed by atoms with Crippen LogP contribution < -0.4 is 5.32 Å². The molecule has 134 valence electrons. The maximum atomic E-state index is 14.1. The Morgan fingerprint density at radius 2 is 2.08 bits per heavy atom. The SMILES string of the molecule is CCC(C)(C)NC(=O)CSc1nnc(-c2ccccc2F)n1C1CC1. The third-order valence-corrected chi connectivity index (χ3v) is 5.33. The molecule has 7 heteroatoms. The fraction of sp³-hybridized carbons (Fsp3) is 0.500. The van der Waals surface area contributed by atoms with E-state index in [0.29, 0.717) is 22.6 Å². The monoisotopic (exact) mass is 362 g/mol. The number of carbonyl (C=O) groups is 1. The van der Waals surface area contributed by atoms with Gasteiger partial charge in [0, 0.05) is 11.6 Å². The second-order valence-electron chi connectivity index (χ2n) is 6.96. The summed E-state index contributed by atoms with van der Waals surface area (Å²) in [5.41, 5.74) is 0.227. The van der Waals surface area contributed by atoms with Gasteiger partial charge in [-0.15, -0.1) is 10.2 Å². The molecule has 1 aliphatic rings. The number of hydrogen-bond donors (Lipinski definition) is 1. The van der Waals surface area contributed by atoms with Crippen LogP contribution in [0.2, 0.25) is 0 Å². The fourth-order valence-corrected chi connectivity index (χ4v) is 3.30. The van der Waals surface area contributed by atoms with Crippen molar-refractivity contribution < 1.29 is 9.18 Å². The third-order valence-electron chi connectivity index (χ3n) is 4.39. The van der Waals surface area contributed by atoms with Gasteiger partial charge in [-0.25, -0.2) is 4.39 Å². The Labute approximate surface area is 151 Å². The van der Waals surface area contributed by atoms with Crippen LogP contribution in [0.25, 0.3) is 11.4 Å². The maximum absolute atomic E-state index is 14.1. The lowest BCUT2D eigenvalue weighted by Crippen LogP contribution is -2.43. The molecule has 3 rings (SSSR count). The molecule has 1 fully saturated rings. The van der Waals surface area contributed by atoms with Gasteiger partial charge in [0.25, 0.3) is 0 Å². The Balaban J connectivity index is 1.77. The zero-order chi connectivity index (χ0) is 18.0. The first-order valence-electron chi connectivity index (χ1n) is 8.55. The van der Waals surface area contributed by atoms with Gasteiger partial charge in [0.2, 0.25) is 5.91 Å². The van der Waals surface area contributed by atoms with Gasteiger partial charge < -0.3 is 5.32 Å². The smallest absolute Gasteiger partial charge is 0.230 e. The summed E-state index contributed by atoms with van der Waals surface area (Å²) in [5, 5.41) is 12.1. The molecule has 0 radical (unpaired) electrons. The molecule has 0 bridgehead atoms. The predicted molar refractivity (Wildman–Crippen MR) is 96.9 cm³/mol. The summed E-state index contributed by atoms with van der Waals surface area (Å²) in [6.45, 7) is 6.04. The molecular formula is C18H23FN4OS. The van der Waals surface area contributed by atoms with E-state index in [1.807, 2.05) is 25.3 Å². The van der Waals surface area contributed by atoms with E-state index in [4.69, 9.17) is 0 Å². The number of amides is 1. The first-order chi connectivity index (χ1) is 11.9. The molecule has 25 heavy (non-hydrogen) atoms. The van der Waals surface area contributed by atoms with Crippen molar-refractivity contribution in [3.63, 3.8) is 0 Å². The van der Waals surface area contributed by atoms with Crippen LogP contribution in [-0.4, -0.2) is 32.0 Å². The number of carbonyl (C=O) groups excluding carboxylic acids is 1. The Hall–Kier alpha value is -1.89. The van der Waals surface area contributed by atoms with Crippen molar-refractivity contribution in [1.29, 1.82) is 0 Å². The Bertz CT molecular complexity index is 770. The molecule has 0 atom stereocenters. The molecule has 1 heterocycles. The van der Waals surface area contributed by atoms with E-state index in [0.717, 1.165) is 19.3 Å². The van der Waals surface area contributed by atoms with Crippen molar-refractivity contribution in [2.24, 2.45) is 0 Å². The maximum Gasteiger partial charge on any atom is 0.230 e. The quantitative estimate of drug-likeness (QED) is 0.761. The number of halogens is 1. The lowest BCUT2D eigenvalue weighted by molar-refractivity contribution is -0.120. The van der Waals surface area contributed by atoms with Crippen LogP contribution in [0.15, 0.2) is 29.4 Å². The van der Waals surface area contributed by atoms with Crippen molar-refractivity contribution in [3.8, 4) is 11.4 Å². The summed E-state index contributed by atoms with van der Waals surface area (Å²) in [6, 6.07) is 6.88. The highest BCUT2D eigenvalue weighted by Crippen LogP contribution is 2.41. The highest BCUT2D eigenvalue weighted by Gasteiger charge is 2.31. The zero-order valence-electron chi connectivity index (χ0n) is 14.8. The van der Waals surface area contributed by atoms with Crippen LogP contribution in [0, 0.1) is 5.82 Å². The zero-order valence-corrected chi connectivity index (χ0v) is 15.6. The molecule has 1 aliphatic carbocycles. The van der Waals surface area contributed by atoms with Crippen molar-refractivity contribution >= 4 is 17.7 Å². The first-order valence-corrected chi connectivity index (χ1v) is 9.53. The van der Waals surface area contributed by atoms with E-state index < -0.39 is 0 Å². The minimum atomic E-state index is -0.309. The highest BCUT2D eigenvalue weighted by atomic mass is 32.2. The largest absolute Gasteiger partial charge is 0.351 e. The van der Waals surface area contributed by atoms with Crippen molar-refractivity contribution in [1.82, 2.24) is 20.1 Å². The number of nitrogens with one attached hydrogen (secondary N) is 1. The van der Waals surface area contributed by atoms with Gasteiger partial charge in [0.1, 0.15) is 5.82 Å². The molecule has 1 saturated carbocycles.